The third-order valence-electron chi connectivity index (χ3n) is 5.83. The minimum Gasteiger partial charge on any atom is -0.541 e. The quantitative estimate of drug-likeness (QED) is 0.386. The lowest BCUT2D eigenvalue weighted by Crippen LogP contribution is -2.43. The van der Waals surface area contributed by atoms with Gasteiger partial charge in [0.15, 0.2) is 17.2 Å². The number of hydrogen-bond acceptors (Lipinski definition) is 6. The largest absolute Gasteiger partial charge is 0.541 e. The topological polar surface area (TPSA) is 55.4 Å². The first-order valence-electron chi connectivity index (χ1n) is 10.2. The fourth-order valence-corrected chi connectivity index (χ4v) is 4.03. The molecule has 0 unspecified atom stereocenters. The smallest absolute Gasteiger partial charge is 0.250 e. The first kappa shape index (κ1) is 22.9. The van der Waals surface area contributed by atoms with Crippen molar-refractivity contribution in [3.8, 4) is 34.5 Å². The molecule has 0 saturated heterocycles. The van der Waals surface area contributed by atoms with Crippen molar-refractivity contribution in [3.05, 3.63) is 35.4 Å². The van der Waals surface area contributed by atoms with Crippen LogP contribution in [0.3, 0.4) is 0 Å². The summed E-state index contributed by atoms with van der Waals surface area (Å²) in [5.74, 6) is 3.80. The lowest BCUT2D eigenvalue weighted by Gasteiger charge is -2.36. The molecule has 0 bridgehead atoms. The zero-order valence-electron chi connectivity index (χ0n) is 19.6. The molecular formula is C24H32O6Si. The average molecular weight is 445 g/mol. The number of fused-ring (bicyclic) bond motifs is 1. The zero-order chi connectivity index (χ0) is 22.8. The van der Waals surface area contributed by atoms with Gasteiger partial charge in [-0.3, -0.25) is 0 Å². The van der Waals surface area contributed by atoms with Crippen molar-refractivity contribution in [1.29, 1.82) is 0 Å². The highest BCUT2D eigenvalue weighted by Gasteiger charge is 2.39. The first-order chi connectivity index (χ1) is 14.6. The maximum Gasteiger partial charge on any atom is 0.250 e. The van der Waals surface area contributed by atoms with Crippen molar-refractivity contribution in [2.75, 3.05) is 28.1 Å². The van der Waals surface area contributed by atoms with E-state index in [0.717, 1.165) is 16.9 Å². The fourth-order valence-electron chi connectivity index (χ4n) is 3.01. The molecule has 2 aromatic carbocycles. The summed E-state index contributed by atoms with van der Waals surface area (Å²) in [4.78, 5) is 0. The van der Waals surface area contributed by atoms with Gasteiger partial charge in [0.05, 0.1) is 21.3 Å². The highest BCUT2D eigenvalue weighted by molar-refractivity contribution is 6.74. The molecule has 0 amide bonds. The van der Waals surface area contributed by atoms with E-state index in [0.29, 0.717) is 28.7 Å². The van der Waals surface area contributed by atoms with Gasteiger partial charge in [0.2, 0.25) is 18.3 Å². The van der Waals surface area contributed by atoms with E-state index in [-0.39, 0.29) is 11.8 Å². The van der Waals surface area contributed by atoms with E-state index in [2.05, 4.69) is 33.9 Å². The minimum absolute atomic E-state index is 0.103. The monoisotopic (exact) mass is 444 g/mol. The van der Waals surface area contributed by atoms with E-state index >= 15 is 0 Å². The van der Waals surface area contributed by atoms with Crippen molar-refractivity contribution in [2.45, 2.75) is 38.9 Å². The first-order valence-corrected chi connectivity index (χ1v) is 13.1. The molecule has 0 saturated carbocycles. The highest BCUT2D eigenvalue weighted by Crippen LogP contribution is 2.50. The van der Waals surface area contributed by atoms with Crippen molar-refractivity contribution in [1.82, 2.24) is 0 Å². The van der Waals surface area contributed by atoms with Gasteiger partial charge < -0.3 is 28.1 Å². The Morgan fingerprint density at radius 1 is 0.839 bits per heavy atom. The molecule has 1 heterocycles. The molecule has 7 heteroatoms. The third kappa shape index (κ3) is 4.61. The van der Waals surface area contributed by atoms with E-state index in [1.165, 1.54) is 0 Å². The Balaban J connectivity index is 1.92. The van der Waals surface area contributed by atoms with Crippen LogP contribution < -0.4 is 28.1 Å². The van der Waals surface area contributed by atoms with Crippen LogP contribution in [0.5, 0.6) is 34.5 Å². The van der Waals surface area contributed by atoms with Crippen LogP contribution in [0.1, 0.15) is 31.9 Å². The Bertz CT molecular complexity index is 975. The van der Waals surface area contributed by atoms with Gasteiger partial charge in [-0.15, -0.1) is 0 Å². The summed E-state index contributed by atoms with van der Waals surface area (Å²) < 4.78 is 34.2. The van der Waals surface area contributed by atoms with Crippen LogP contribution >= 0.6 is 0 Å². The Morgan fingerprint density at radius 3 is 2.13 bits per heavy atom. The fraction of sp³-hybridized carbons (Fsp3) is 0.417. The standard InChI is InChI=1S/C24H32O6Si/c1-24(2,3)31(7,8)30-18-12-10-16(13-19(18)25-4)9-11-17-14-20(26-5)22-23(21(17)27-6)29-15-28-22/h9-14H,15H2,1-8H3/b11-9-. The predicted molar refractivity (Wildman–Crippen MR) is 125 cm³/mol. The van der Waals surface area contributed by atoms with Crippen LogP contribution in [0.15, 0.2) is 24.3 Å². The molecular weight excluding hydrogens is 412 g/mol. The molecule has 1 aliphatic rings. The second kappa shape index (κ2) is 8.75. The zero-order valence-corrected chi connectivity index (χ0v) is 20.6. The van der Waals surface area contributed by atoms with E-state index in [1.54, 1.807) is 21.3 Å². The molecule has 0 fully saturated rings. The molecule has 0 aliphatic carbocycles. The third-order valence-corrected chi connectivity index (χ3v) is 10.2. The molecule has 31 heavy (non-hydrogen) atoms. The molecule has 0 radical (unpaired) electrons. The van der Waals surface area contributed by atoms with Crippen LogP contribution in [0, 0.1) is 0 Å². The summed E-state index contributed by atoms with van der Waals surface area (Å²) in [5, 5.41) is 0.103. The molecule has 0 atom stereocenters. The van der Waals surface area contributed by atoms with Crippen molar-refractivity contribution in [3.63, 3.8) is 0 Å². The molecule has 2 aromatic rings. The Morgan fingerprint density at radius 2 is 1.52 bits per heavy atom. The molecule has 0 aromatic heterocycles. The number of rotatable bonds is 7. The summed E-state index contributed by atoms with van der Waals surface area (Å²) in [6.07, 6.45) is 3.94. The summed E-state index contributed by atoms with van der Waals surface area (Å²) in [6, 6.07) is 7.82. The van der Waals surface area contributed by atoms with E-state index in [9.17, 15) is 0 Å². The second-order valence-electron chi connectivity index (χ2n) is 8.87. The van der Waals surface area contributed by atoms with Gasteiger partial charge in [0.25, 0.3) is 8.32 Å². The van der Waals surface area contributed by atoms with Gasteiger partial charge >= 0.3 is 0 Å². The number of benzene rings is 2. The number of methoxy groups -OCH3 is 3. The van der Waals surface area contributed by atoms with Crippen LogP contribution in [-0.2, 0) is 0 Å². The van der Waals surface area contributed by atoms with Crippen LogP contribution in [-0.4, -0.2) is 36.4 Å². The van der Waals surface area contributed by atoms with E-state index in [4.69, 9.17) is 28.1 Å². The van der Waals surface area contributed by atoms with Gasteiger partial charge in [-0.1, -0.05) is 39.0 Å². The SMILES string of the molecule is COc1cc(/C=C\c2cc(OC)c3c(c2OC)OCO3)ccc1O[Si](C)(C)C(C)(C)C. The summed E-state index contributed by atoms with van der Waals surface area (Å²) in [6.45, 7) is 11.2. The highest BCUT2D eigenvalue weighted by atomic mass is 28.4. The Hall–Kier alpha value is -2.80. The van der Waals surface area contributed by atoms with Crippen LogP contribution in [0.25, 0.3) is 12.2 Å². The molecule has 6 nitrogen and oxygen atoms in total. The number of hydrogen-bond donors (Lipinski definition) is 0. The maximum absolute atomic E-state index is 6.45. The van der Waals surface area contributed by atoms with Crippen molar-refractivity contribution >= 4 is 20.5 Å². The lowest BCUT2D eigenvalue weighted by atomic mass is 10.1. The Labute approximate surface area is 185 Å². The lowest BCUT2D eigenvalue weighted by molar-refractivity contribution is 0.168. The Kier molecular flexibility index (Phi) is 6.45. The second-order valence-corrected chi connectivity index (χ2v) is 13.6. The molecule has 1 aliphatic heterocycles. The van der Waals surface area contributed by atoms with Gasteiger partial charge in [0.1, 0.15) is 5.75 Å². The van der Waals surface area contributed by atoms with Gasteiger partial charge in [-0.25, -0.2) is 0 Å². The van der Waals surface area contributed by atoms with E-state index < -0.39 is 8.32 Å². The molecule has 3 rings (SSSR count). The predicted octanol–water partition coefficient (Wildman–Crippen LogP) is 6.00. The normalized spacial score (nSPS) is 13.4. The summed E-state index contributed by atoms with van der Waals surface area (Å²) >= 11 is 0. The summed E-state index contributed by atoms with van der Waals surface area (Å²) in [7, 11) is 2.90. The van der Waals surface area contributed by atoms with Crippen LogP contribution in [0.4, 0.5) is 0 Å². The average Bonchev–Trinajstić information content (AvgIpc) is 3.20. The van der Waals surface area contributed by atoms with Crippen molar-refractivity contribution < 1.29 is 28.1 Å². The molecule has 0 spiro atoms. The van der Waals surface area contributed by atoms with Gasteiger partial charge in [-0.2, -0.15) is 0 Å². The van der Waals surface area contributed by atoms with Crippen LogP contribution in [0.2, 0.25) is 18.1 Å². The molecule has 0 N–H and O–H groups in total. The number of ether oxygens (including phenoxy) is 5. The maximum atomic E-state index is 6.45. The van der Waals surface area contributed by atoms with E-state index in [1.807, 2.05) is 36.4 Å². The minimum atomic E-state index is -1.97. The summed E-state index contributed by atoms with van der Waals surface area (Å²) in [5.41, 5.74) is 1.79. The van der Waals surface area contributed by atoms with Crippen molar-refractivity contribution in [2.24, 2.45) is 0 Å². The van der Waals surface area contributed by atoms with Gasteiger partial charge in [-0.05, 0) is 41.9 Å². The van der Waals surface area contributed by atoms with Gasteiger partial charge in [0, 0.05) is 5.56 Å². The molecule has 168 valence electrons.